The molecule has 1 aromatic carbocycles. The number of esters is 1. The van der Waals surface area contributed by atoms with Gasteiger partial charge >= 0.3 is 5.97 Å². The van der Waals surface area contributed by atoms with Crippen molar-refractivity contribution < 1.29 is 13.9 Å². The third-order valence-electron chi connectivity index (χ3n) is 3.48. The lowest BCUT2D eigenvalue weighted by Gasteiger charge is -2.10. The highest BCUT2D eigenvalue weighted by Gasteiger charge is 2.15. The second-order valence-corrected chi connectivity index (χ2v) is 6.10. The van der Waals surface area contributed by atoms with Gasteiger partial charge in [-0.15, -0.1) is 5.10 Å². The van der Waals surface area contributed by atoms with Crippen LogP contribution in [0.25, 0.3) is 5.69 Å². The molecule has 2 heterocycles. The van der Waals surface area contributed by atoms with Crippen LogP contribution in [0, 0.1) is 13.8 Å². The fourth-order valence-electron chi connectivity index (χ4n) is 2.35. The summed E-state index contributed by atoms with van der Waals surface area (Å²) in [4.78, 5) is 11.4. The van der Waals surface area contributed by atoms with Gasteiger partial charge in [0.15, 0.2) is 0 Å². The smallest absolute Gasteiger partial charge is 0.373 e. The number of rotatable bonds is 5. The number of nitrogens with zero attached hydrogens (tertiary/aromatic N) is 4. The third kappa shape index (κ3) is 3.18. The third-order valence-corrected chi connectivity index (χ3v) is 4.43. The Morgan fingerprint density at radius 1 is 1.25 bits per heavy atom. The number of hydrogen-bond donors (Lipinski definition) is 0. The maximum atomic E-state index is 11.4. The number of hydrogen-bond acceptors (Lipinski definition) is 7. The van der Waals surface area contributed by atoms with Crippen molar-refractivity contribution in [1.82, 2.24) is 20.2 Å². The average molecular weight is 344 g/mol. The summed E-state index contributed by atoms with van der Waals surface area (Å²) in [5.41, 5.74) is 3.16. The van der Waals surface area contributed by atoms with Crippen molar-refractivity contribution in [2.24, 2.45) is 0 Å². The fourth-order valence-corrected chi connectivity index (χ4v) is 3.12. The molecule has 7 nitrogen and oxygen atoms in total. The van der Waals surface area contributed by atoms with Crippen molar-refractivity contribution in [3.8, 4) is 5.69 Å². The maximum Gasteiger partial charge on any atom is 0.373 e. The van der Waals surface area contributed by atoms with Crippen molar-refractivity contribution in [3.63, 3.8) is 0 Å². The number of para-hydroxylation sites is 1. The predicted molar refractivity (Wildman–Crippen MR) is 88.2 cm³/mol. The molecule has 0 saturated heterocycles. The Balaban J connectivity index is 1.79. The summed E-state index contributed by atoms with van der Waals surface area (Å²) in [6.45, 7) is 4.04. The molecule has 0 aliphatic heterocycles. The van der Waals surface area contributed by atoms with Gasteiger partial charge in [0.25, 0.3) is 0 Å². The Morgan fingerprint density at radius 3 is 2.71 bits per heavy atom. The van der Waals surface area contributed by atoms with Gasteiger partial charge < -0.3 is 9.15 Å². The van der Waals surface area contributed by atoms with Gasteiger partial charge in [-0.05, 0) is 47.5 Å². The van der Waals surface area contributed by atoms with Crippen LogP contribution in [0.4, 0.5) is 0 Å². The van der Waals surface area contributed by atoms with Gasteiger partial charge in [-0.1, -0.05) is 30.0 Å². The highest BCUT2D eigenvalue weighted by molar-refractivity contribution is 7.98. The first kappa shape index (κ1) is 16.3. The molecule has 3 aromatic rings. The van der Waals surface area contributed by atoms with Crippen molar-refractivity contribution in [1.29, 1.82) is 0 Å². The minimum atomic E-state index is -0.494. The number of furan rings is 1. The van der Waals surface area contributed by atoms with Crippen molar-refractivity contribution in [3.05, 3.63) is 53.0 Å². The molecular weight excluding hydrogens is 328 g/mol. The van der Waals surface area contributed by atoms with Gasteiger partial charge in [0.2, 0.25) is 10.9 Å². The highest BCUT2D eigenvalue weighted by atomic mass is 32.2. The second-order valence-electron chi connectivity index (χ2n) is 5.16. The average Bonchev–Trinajstić information content (AvgIpc) is 3.21. The van der Waals surface area contributed by atoms with E-state index in [1.807, 2.05) is 32.0 Å². The molecule has 2 aromatic heterocycles. The molecule has 0 saturated carbocycles. The van der Waals surface area contributed by atoms with E-state index < -0.39 is 5.97 Å². The van der Waals surface area contributed by atoms with Crippen LogP contribution in [0.1, 0.15) is 27.4 Å². The second kappa shape index (κ2) is 6.88. The molecule has 0 N–H and O–H groups in total. The summed E-state index contributed by atoms with van der Waals surface area (Å²) in [5.74, 6) is 0.841. The van der Waals surface area contributed by atoms with Crippen LogP contribution in [0.15, 0.2) is 39.9 Å². The van der Waals surface area contributed by atoms with Crippen LogP contribution in [0.2, 0.25) is 0 Å². The first-order valence-electron chi connectivity index (χ1n) is 7.25. The molecule has 0 atom stereocenters. The maximum absolute atomic E-state index is 11.4. The van der Waals surface area contributed by atoms with Crippen LogP contribution in [-0.4, -0.2) is 33.3 Å². The fraction of sp³-hybridized carbons (Fsp3) is 0.250. The summed E-state index contributed by atoms with van der Waals surface area (Å²) in [5, 5.41) is 12.6. The van der Waals surface area contributed by atoms with E-state index in [1.165, 1.54) is 18.9 Å². The van der Waals surface area contributed by atoms with E-state index in [0.29, 0.717) is 16.7 Å². The monoisotopic (exact) mass is 344 g/mol. The zero-order valence-electron chi connectivity index (χ0n) is 13.5. The number of methoxy groups -OCH3 is 1. The standard InChI is InChI=1S/C16H16N4O3S/c1-10-5-4-6-11(2)14(10)20-16(17-18-19-20)24-9-12-7-8-13(23-12)15(21)22-3/h4-8H,9H2,1-3H3. The number of carbonyl (C=O) groups excluding carboxylic acids is 1. The van der Waals surface area contributed by atoms with Crippen LogP contribution >= 0.6 is 11.8 Å². The Kier molecular flexibility index (Phi) is 4.66. The van der Waals surface area contributed by atoms with Gasteiger partial charge in [-0.25, -0.2) is 4.79 Å². The molecule has 0 amide bonds. The van der Waals surface area contributed by atoms with Crippen molar-refractivity contribution in [2.75, 3.05) is 7.11 Å². The van der Waals surface area contributed by atoms with Crippen LogP contribution < -0.4 is 0 Å². The van der Waals surface area contributed by atoms with E-state index in [0.717, 1.165) is 16.8 Å². The zero-order valence-corrected chi connectivity index (χ0v) is 14.3. The molecule has 24 heavy (non-hydrogen) atoms. The Morgan fingerprint density at radius 2 is 2.00 bits per heavy atom. The molecule has 8 heteroatoms. The Bertz CT molecular complexity index is 852. The molecule has 0 radical (unpaired) electrons. The van der Waals surface area contributed by atoms with Gasteiger partial charge in [-0.3, -0.25) is 0 Å². The summed E-state index contributed by atoms with van der Waals surface area (Å²) < 4.78 is 11.8. The predicted octanol–water partition coefficient (Wildman–Crippen LogP) is 2.95. The number of aryl methyl sites for hydroxylation is 2. The molecule has 0 aliphatic rings. The molecule has 0 spiro atoms. The van der Waals surface area contributed by atoms with Crippen LogP contribution in [0.5, 0.6) is 0 Å². The number of carbonyl (C=O) groups is 1. The lowest BCUT2D eigenvalue weighted by molar-refractivity contribution is 0.0563. The lowest BCUT2D eigenvalue weighted by atomic mass is 10.1. The summed E-state index contributed by atoms with van der Waals surface area (Å²) in [6, 6.07) is 9.38. The number of ether oxygens (including phenoxy) is 1. The summed E-state index contributed by atoms with van der Waals surface area (Å²) in [7, 11) is 1.32. The van der Waals surface area contributed by atoms with E-state index in [2.05, 4.69) is 20.3 Å². The normalized spacial score (nSPS) is 10.8. The molecule has 0 unspecified atom stereocenters. The van der Waals surface area contributed by atoms with Crippen LogP contribution in [-0.2, 0) is 10.5 Å². The first-order chi connectivity index (χ1) is 11.6. The molecule has 0 bridgehead atoms. The number of tetrazole rings is 1. The molecular formula is C16H16N4O3S. The van der Waals surface area contributed by atoms with Gasteiger partial charge in [-0.2, -0.15) is 4.68 Å². The van der Waals surface area contributed by atoms with E-state index in [-0.39, 0.29) is 5.76 Å². The van der Waals surface area contributed by atoms with E-state index >= 15 is 0 Å². The zero-order chi connectivity index (χ0) is 17.1. The number of thioether (sulfide) groups is 1. The van der Waals surface area contributed by atoms with E-state index in [1.54, 1.807) is 16.8 Å². The van der Waals surface area contributed by atoms with Gasteiger partial charge in [0, 0.05) is 0 Å². The van der Waals surface area contributed by atoms with Crippen molar-refractivity contribution in [2.45, 2.75) is 24.8 Å². The molecule has 0 fully saturated rings. The van der Waals surface area contributed by atoms with E-state index in [4.69, 9.17) is 4.42 Å². The summed E-state index contributed by atoms with van der Waals surface area (Å²) in [6.07, 6.45) is 0. The molecule has 124 valence electrons. The van der Waals surface area contributed by atoms with Gasteiger partial charge in [0.05, 0.1) is 18.6 Å². The summed E-state index contributed by atoms with van der Waals surface area (Å²) >= 11 is 1.43. The SMILES string of the molecule is COC(=O)c1ccc(CSc2nnnn2-c2c(C)cccc2C)o1. The van der Waals surface area contributed by atoms with Crippen LogP contribution in [0.3, 0.4) is 0 Å². The minimum absolute atomic E-state index is 0.183. The minimum Gasteiger partial charge on any atom is -0.463 e. The largest absolute Gasteiger partial charge is 0.463 e. The van der Waals surface area contributed by atoms with Gasteiger partial charge in [0.1, 0.15) is 5.76 Å². The Labute approximate surface area is 143 Å². The van der Waals surface area contributed by atoms with E-state index in [9.17, 15) is 4.79 Å². The number of aromatic nitrogens is 4. The molecule has 3 rings (SSSR count). The number of benzene rings is 1. The lowest BCUT2D eigenvalue weighted by Crippen LogP contribution is -2.04. The molecule has 0 aliphatic carbocycles. The topological polar surface area (TPSA) is 83.0 Å². The first-order valence-corrected chi connectivity index (χ1v) is 8.23. The van der Waals surface area contributed by atoms with Crippen molar-refractivity contribution >= 4 is 17.7 Å². The quantitative estimate of drug-likeness (QED) is 0.520. The highest BCUT2D eigenvalue weighted by Crippen LogP contribution is 2.26. The Hall–Kier alpha value is -2.61.